The summed E-state index contributed by atoms with van der Waals surface area (Å²) in [7, 11) is 1.59. The van der Waals surface area contributed by atoms with Crippen molar-refractivity contribution in [1.82, 2.24) is 9.97 Å². The van der Waals surface area contributed by atoms with Gasteiger partial charge in [-0.1, -0.05) is 30.3 Å². The first-order valence-corrected chi connectivity index (χ1v) is 11.9. The molecule has 0 saturated heterocycles. The van der Waals surface area contributed by atoms with Crippen LogP contribution in [0, 0.1) is 0 Å². The lowest BCUT2D eigenvalue weighted by Crippen LogP contribution is -2.34. The monoisotopic (exact) mass is 495 g/mol. The third-order valence-electron chi connectivity index (χ3n) is 4.62. The number of aromatic nitrogens is 2. The number of halogens is 2. The van der Waals surface area contributed by atoms with Crippen LogP contribution in [-0.4, -0.2) is 22.4 Å². The molecule has 1 aliphatic heterocycles. The molecule has 2 aromatic heterocycles. The lowest BCUT2D eigenvalue weighted by molar-refractivity contribution is -0.114. The molecule has 1 amide bonds. The smallest absolute Gasteiger partial charge is 0.250 e. The molecule has 1 N–H and O–H groups in total. The number of nitrogens with one attached hydrogen (secondary N) is 1. The van der Waals surface area contributed by atoms with Crippen molar-refractivity contribution >= 4 is 64.4 Å². The summed E-state index contributed by atoms with van der Waals surface area (Å²) >= 11 is 8.73. The topological polar surface area (TPSA) is 49.0 Å². The van der Waals surface area contributed by atoms with Crippen LogP contribution in [-0.2, 0) is 11.2 Å². The lowest BCUT2D eigenvalue weighted by atomic mass is 9.96. The lowest BCUT2D eigenvalue weighted by Gasteiger charge is -2.29. The molecule has 1 aromatic carbocycles. The largest absolute Gasteiger partial charge is 0.333 e. The first-order chi connectivity index (χ1) is 12.6. The van der Waals surface area contributed by atoms with Crippen LogP contribution in [0.5, 0.6) is 0 Å². The van der Waals surface area contributed by atoms with Crippen LogP contribution in [0.15, 0.2) is 48.1 Å². The van der Waals surface area contributed by atoms with E-state index in [1.54, 1.807) is 26.1 Å². The Morgan fingerprint density at radius 2 is 2.27 bits per heavy atom. The van der Waals surface area contributed by atoms with Gasteiger partial charge < -0.3 is 9.88 Å². The molecule has 0 unspecified atom stereocenters. The molecule has 0 saturated carbocycles. The SMILES string of the molecule is C=CC(=O)N1CCCc2ccc(-c3c(SI)[nH]c4nccc(Cl)c34)cc21. The normalized spacial score (nSPS) is 13.7. The first kappa shape index (κ1) is 17.9. The Morgan fingerprint density at radius 3 is 3.04 bits per heavy atom. The van der Waals surface area contributed by atoms with E-state index < -0.39 is 0 Å². The van der Waals surface area contributed by atoms with Crippen molar-refractivity contribution in [3.05, 3.63) is 53.7 Å². The third kappa shape index (κ3) is 2.93. The van der Waals surface area contributed by atoms with Crippen LogP contribution in [0.3, 0.4) is 0 Å². The molecule has 0 radical (unpaired) electrons. The van der Waals surface area contributed by atoms with E-state index in [1.807, 2.05) is 0 Å². The molecular formula is C19H15ClIN3OS. The molecule has 3 heterocycles. The van der Waals surface area contributed by atoms with Crippen LogP contribution >= 0.6 is 41.7 Å². The quantitative estimate of drug-likeness (QED) is 0.370. The number of benzene rings is 1. The number of fused-ring (bicyclic) bond motifs is 2. The zero-order valence-electron chi connectivity index (χ0n) is 13.8. The number of aromatic amines is 1. The van der Waals surface area contributed by atoms with Crippen molar-refractivity contribution in [3.8, 4) is 11.1 Å². The Labute approximate surface area is 172 Å². The van der Waals surface area contributed by atoms with Crippen LogP contribution in [0.25, 0.3) is 22.2 Å². The van der Waals surface area contributed by atoms with Crippen molar-refractivity contribution in [3.63, 3.8) is 0 Å². The van der Waals surface area contributed by atoms with E-state index >= 15 is 0 Å². The number of nitrogens with zero attached hydrogens (tertiary/aromatic N) is 2. The number of anilines is 1. The molecule has 7 heteroatoms. The number of H-pyrrole nitrogens is 1. The predicted octanol–water partition coefficient (Wildman–Crippen LogP) is 5.79. The van der Waals surface area contributed by atoms with E-state index in [9.17, 15) is 4.79 Å². The number of carbonyl (C=O) groups excluding carboxylic acids is 1. The average Bonchev–Trinajstić information content (AvgIpc) is 3.06. The Hall–Kier alpha value is -1.51. The second-order valence-electron chi connectivity index (χ2n) is 6.06. The molecule has 26 heavy (non-hydrogen) atoms. The summed E-state index contributed by atoms with van der Waals surface area (Å²) in [5, 5.41) is 2.57. The van der Waals surface area contributed by atoms with E-state index in [2.05, 4.69) is 56.0 Å². The maximum Gasteiger partial charge on any atom is 0.250 e. The maximum absolute atomic E-state index is 12.3. The van der Waals surface area contributed by atoms with Gasteiger partial charge in [0, 0.05) is 50.6 Å². The molecule has 132 valence electrons. The zero-order chi connectivity index (χ0) is 18.3. The van der Waals surface area contributed by atoms with Gasteiger partial charge in [-0.2, -0.15) is 0 Å². The number of pyridine rings is 1. The minimum atomic E-state index is -0.0646. The van der Waals surface area contributed by atoms with Crippen LogP contribution in [0.2, 0.25) is 5.02 Å². The fourth-order valence-corrected chi connectivity index (χ4v) is 5.12. The van der Waals surface area contributed by atoms with Gasteiger partial charge in [-0.05, 0) is 51.1 Å². The highest BCUT2D eigenvalue weighted by atomic mass is 127. The minimum absolute atomic E-state index is 0.0646. The van der Waals surface area contributed by atoms with E-state index in [0.29, 0.717) is 11.6 Å². The first-order valence-electron chi connectivity index (χ1n) is 8.16. The van der Waals surface area contributed by atoms with Crippen molar-refractivity contribution in [2.45, 2.75) is 17.9 Å². The second kappa shape index (κ2) is 7.25. The number of carbonyl (C=O) groups is 1. The van der Waals surface area contributed by atoms with Gasteiger partial charge >= 0.3 is 0 Å². The molecule has 0 spiro atoms. The molecule has 3 aromatic rings. The van der Waals surface area contributed by atoms with Gasteiger partial charge in [0.15, 0.2) is 0 Å². The number of hydrogen-bond donors (Lipinski definition) is 1. The summed E-state index contributed by atoms with van der Waals surface area (Å²) in [6.07, 6.45) is 5.01. The molecule has 0 aliphatic carbocycles. The highest BCUT2D eigenvalue weighted by Crippen LogP contribution is 2.44. The summed E-state index contributed by atoms with van der Waals surface area (Å²) in [5.74, 6) is -0.0646. The number of rotatable bonds is 3. The van der Waals surface area contributed by atoms with Crippen molar-refractivity contribution in [2.75, 3.05) is 11.4 Å². The predicted molar refractivity (Wildman–Crippen MR) is 117 cm³/mol. The Balaban J connectivity index is 1.94. The fraction of sp³-hybridized carbons (Fsp3) is 0.158. The van der Waals surface area contributed by atoms with Gasteiger partial charge in [0.1, 0.15) is 5.65 Å². The third-order valence-corrected chi connectivity index (χ3v) is 6.72. The molecule has 1 aliphatic rings. The van der Waals surface area contributed by atoms with Crippen molar-refractivity contribution in [2.24, 2.45) is 0 Å². The van der Waals surface area contributed by atoms with Gasteiger partial charge in [0.05, 0.1) is 10.0 Å². The van der Waals surface area contributed by atoms with Gasteiger partial charge in [-0.15, -0.1) is 0 Å². The summed E-state index contributed by atoms with van der Waals surface area (Å²) in [6.45, 7) is 4.35. The molecule has 0 fully saturated rings. The number of hydrogen-bond acceptors (Lipinski definition) is 3. The van der Waals surface area contributed by atoms with Crippen LogP contribution in [0.4, 0.5) is 5.69 Å². The number of amides is 1. The molecule has 4 nitrogen and oxygen atoms in total. The summed E-state index contributed by atoms with van der Waals surface area (Å²) < 4.78 is 0. The van der Waals surface area contributed by atoms with Crippen LogP contribution in [0.1, 0.15) is 12.0 Å². The van der Waals surface area contributed by atoms with Gasteiger partial charge in [-0.3, -0.25) is 4.79 Å². The second-order valence-corrected chi connectivity index (χ2v) is 8.35. The Kier molecular flexibility index (Phi) is 4.98. The zero-order valence-corrected chi connectivity index (χ0v) is 17.5. The summed E-state index contributed by atoms with van der Waals surface area (Å²) in [6, 6.07) is 8.09. The minimum Gasteiger partial charge on any atom is -0.333 e. The molecule has 0 bridgehead atoms. The van der Waals surface area contributed by atoms with E-state index in [4.69, 9.17) is 11.6 Å². The fourth-order valence-electron chi connectivity index (χ4n) is 3.46. The van der Waals surface area contributed by atoms with Gasteiger partial charge in [-0.25, -0.2) is 4.98 Å². The van der Waals surface area contributed by atoms with E-state index in [-0.39, 0.29) is 5.91 Å². The highest BCUT2D eigenvalue weighted by molar-refractivity contribution is 14.2. The van der Waals surface area contributed by atoms with Crippen molar-refractivity contribution < 1.29 is 4.79 Å². The number of aryl methyl sites for hydroxylation is 1. The Bertz CT molecular complexity index is 1030. The maximum atomic E-state index is 12.3. The molecule has 0 atom stereocenters. The van der Waals surface area contributed by atoms with Crippen LogP contribution < -0.4 is 4.90 Å². The highest BCUT2D eigenvalue weighted by Gasteiger charge is 2.23. The van der Waals surface area contributed by atoms with E-state index in [0.717, 1.165) is 45.7 Å². The standard InChI is InChI=1S/C19H15ClIN3OS/c1-2-15(25)24-9-3-4-11-5-6-12(10-14(11)24)16-17-13(20)7-8-22-18(17)23-19(16)26-21/h2,5-8,10H,1,3-4,9H2,(H,22,23). The Morgan fingerprint density at radius 1 is 1.42 bits per heavy atom. The molecule has 4 rings (SSSR count). The van der Waals surface area contributed by atoms with Gasteiger partial charge in [0.25, 0.3) is 0 Å². The van der Waals surface area contributed by atoms with Crippen molar-refractivity contribution in [1.29, 1.82) is 0 Å². The summed E-state index contributed by atoms with van der Waals surface area (Å²) in [5.41, 5.74) is 4.95. The molecular weight excluding hydrogens is 481 g/mol. The summed E-state index contributed by atoms with van der Waals surface area (Å²) in [4.78, 5) is 21.8. The van der Waals surface area contributed by atoms with E-state index in [1.165, 1.54) is 11.6 Å². The van der Waals surface area contributed by atoms with Gasteiger partial charge in [0.2, 0.25) is 5.91 Å². The average molecular weight is 496 g/mol.